The highest BCUT2D eigenvalue weighted by atomic mass is 35.5. The van der Waals surface area contributed by atoms with Crippen molar-refractivity contribution in [3.8, 4) is 23.0 Å². The van der Waals surface area contributed by atoms with Crippen LogP contribution >= 0.6 is 11.6 Å². The second kappa shape index (κ2) is 10.0. The van der Waals surface area contributed by atoms with Gasteiger partial charge in [-0.25, -0.2) is 0 Å². The minimum absolute atomic E-state index is 0.0144. The fourth-order valence-corrected chi connectivity index (χ4v) is 4.00. The Labute approximate surface area is 192 Å². The number of benzene rings is 2. The Bertz CT molecular complexity index is 1070. The van der Waals surface area contributed by atoms with E-state index in [2.05, 4.69) is 10.1 Å². The van der Waals surface area contributed by atoms with Crippen molar-refractivity contribution in [3.05, 3.63) is 53.3 Å². The zero-order chi connectivity index (χ0) is 22.5. The number of amides is 1. The number of carbonyl (C=O) groups is 1. The van der Waals surface area contributed by atoms with Gasteiger partial charge in [-0.15, -0.1) is 0 Å². The van der Waals surface area contributed by atoms with Gasteiger partial charge in [0.25, 0.3) is 5.89 Å². The summed E-state index contributed by atoms with van der Waals surface area (Å²) in [5.74, 6) is 2.08. The molecule has 1 amide bonds. The number of nitrogens with zero attached hydrogens (tertiary/aromatic N) is 3. The molecule has 3 aromatic rings. The molecule has 4 rings (SSSR count). The first-order valence-electron chi connectivity index (χ1n) is 10.9. The van der Waals surface area contributed by atoms with Crippen LogP contribution in [-0.2, 0) is 4.79 Å². The summed E-state index contributed by atoms with van der Waals surface area (Å²) >= 11 is 6.48. The van der Waals surface area contributed by atoms with E-state index in [-0.39, 0.29) is 11.8 Å². The molecule has 2 aromatic carbocycles. The molecular formula is C24H26ClN3O4. The van der Waals surface area contributed by atoms with Crippen molar-refractivity contribution < 1.29 is 18.8 Å². The molecule has 1 unspecified atom stereocenters. The fourth-order valence-electron chi connectivity index (χ4n) is 3.73. The van der Waals surface area contributed by atoms with Gasteiger partial charge in [0.05, 0.1) is 18.2 Å². The quantitative estimate of drug-likeness (QED) is 0.447. The van der Waals surface area contributed by atoms with Crippen LogP contribution in [0.2, 0.25) is 5.02 Å². The molecular weight excluding hydrogens is 430 g/mol. The number of ether oxygens (including phenoxy) is 2. The van der Waals surface area contributed by atoms with Crippen molar-refractivity contribution in [2.75, 3.05) is 24.7 Å². The molecule has 0 bridgehead atoms. The SMILES string of the molecule is CCCOc1c(Cl)cc(-c2nc(C3CCC(=O)N(c4ccccc4)C3)no2)cc1OCC. The Hall–Kier alpha value is -3.06. The van der Waals surface area contributed by atoms with Gasteiger partial charge < -0.3 is 18.9 Å². The van der Waals surface area contributed by atoms with Crippen LogP contribution in [0.4, 0.5) is 5.69 Å². The molecule has 1 saturated heterocycles. The third kappa shape index (κ3) is 4.72. The minimum Gasteiger partial charge on any atom is -0.490 e. The fraction of sp³-hybridized carbons (Fsp3) is 0.375. The first-order valence-corrected chi connectivity index (χ1v) is 11.3. The van der Waals surface area contributed by atoms with Gasteiger partial charge in [-0.05, 0) is 44.0 Å². The first kappa shape index (κ1) is 22.1. The van der Waals surface area contributed by atoms with Gasteiger partial charge in [-0.1, -0.05) is 41.9 Å². The lowest BCUT2D eigenvalue weighted by atomic mass is 9.96. The molecule has 32 heavy (non-hydrogen) atoms. The highest BCUT2D eigenvalue weighted by molar-refractivity contribution is 6.32. The van der Waals surface area contributed by atoms with E-state index in [0.29, 0.717) is 66.4 Å². The van der Waals surface area contributed by atoms with Crippen molar-refractivity contribution in [1.82, 2.24) is 10.1 Å². The molecule has 1 aliphatic rings. The van der Waals surface area contributed by atoms with Gasteiger partial charge in [0.2, 0.25) is 5.91 Å². The molecule has 1 aromatic heterocycles. The average molecular weight is 456 g/mol. The third-order valence-electron chi connectivity index (χ3n) is 5.29. The predicted molar refractivity (Wildman–Crippen MR) is 122 cm³/mol. The van der Waals surface area contributed by atoms with Crippen molar-refractivity contribution in [2.24, 2.45) is 0 Å². The number of anilines is 1. The smallest absolute Gasteiger partial charge is 0.258 e. The van der Waals surface area contributed by atoms with Crippen molar-refractivity contribution in [3.63, 3.8) is 0 Å². The third-order valence-corrected chi connectivity index (χ3v) is 5.57. The van der Waals surface area contributed by atoms with Crippen LogP contribution in [0.15, 0.2) is 47.0 Å². The molecule has 1 fully saturated rings. The maximum Gasteiger partial charge on any atom is 0.258 e. The van der Waals surface area contributed by atoms with Crippen molar-refractivity contribution in [1.29, 1.82) is 0 Å². The van der Waals surface area contributed by atoms with Crippen LogP contribution in [0.25, 0.3) is 11.5 Å². The Morgan fingerprint density at radius 2 is 2.00 bits per heavy atom. The summed E-state index contributed by atoms with van der Waals surface area (Å²) in [5.41, 5.74) is 1.54. The van der Waals surface area contributed by atoms with Crippen LogP contribution in [-0.4, -0.2) is 35.8 Å². The first-order chi connectivity index (χ1) is 15.6. The largest absolute Gasteiger partial charge is 0.490 e. The summed E-state index contributed by atoms with van der Waals surface area (Å²) in [6.45, 7) is 5.46. The second-order valence-corrected chi connectivity index (χ2v) is 8.01. The van der Waals surface area contributed by atoms with Gasteiger partial charge in [-0.3, -0.25) is 4.79 Å². The van der Waals surface area contributed by atoms with E-state index in [1.807, 2.05) is 44.2 Å². The van der Waals surface area contributed by atoms with Gasteiger partial charge >= 0.3 is 0 Å². The number of rotatable bonds is 8. The lowest BCUT2D eigenvalue weighted by Gasteiger charge is -2.31. The highest BCUT2D eigenvalue weighted by Gasteiger charge is 2.31. The van der Waals surface area contributed by atoms with Crippen LogP contribution in [0, 0.1) is 0 Å². The van der Waals surface area contributed by atoms with E-state index >= 15 is 0 Å². The zero-order valence-electron chi connectivity index (χ0n) is 18.2. The van der Waals surface area contributed by atoms with E-state index in [4.69, 9.17) is 25.6 Å². The number of halogens is 1. The molecule has 2 heterocycles. The molecule has 1 aliphatic heterocycles. The normalized spacial score (nSPS) is 16.3. The molecule has 0 spiro atoms. The number of piperidine rings is 1. The lowest BCUT2D eigenvalue weighted by Crippen LogP contribution is -2.39. The van der Waals surface area contributed by atoms with Gasteiger partial charge in [0.15, 0.2) is 17.3 Å². The highest BCUT2D eigenvalue weighted by Crippen LogP contribution is 2.40. The Morgan fingerprint density at radius 3 is 2.75 bits per heavy atom. The average Bonchev–Trinajstić information content (AvgIpc) is 3.30. The summed E-state index contributed by atoms with van der Waals surface area (Å²) in [4.78, 5) is 18.9. The number of hydrogen-bond acceptors (Lipinski definition) is 6. The number of aromatic nitrogens is 2. The van der Waals surface area contributed by atoms with Crippen LogP contribution < -0.4 is 14.4 Å². The monoisotopic (exact) mass is 455 g/mol. The summed E-state index contributed by atoms with van der Waals surface area (Å²) < 4.78 is 17.1. The number of para-hydroxylation sites is 1. The second-order valence-electron chi connectivity index (χ2n) is 7.60. The molecule has 7 nitrogen and oxygen atoms in total. The summed E-state index contributed by atoms with van der Waals surface area (Å²) in [6.07, 6.45) is 1.98. The van der Waals surface area contributed by atoms with Gasteiger partial charge in [0, 0.05) is 30.1 Å². The van der Waals surface area contributed by atoms with Crippen LogP contribution in [0.3, 0.4) is 0 Å². The molecule has 0 aliphatic carbocycles. The minimum atomic E-state index is -0.0144. The zero-order valence-corrected chi connectivity index (χ0v) is 19.0. The molecule has 0 radical (unpaired) electrons. The summed E-state index contributed by atoms with van der Waals surface area (Å²) in [7, 11) is 0. The topological polar surface area (TPSA) is 77.7 Å². The van der Waals surface area contributed by atoms with Crippen LogP contribution in [0.5, 0.6) is 11.5 Å². The van der Waals surface area contributed by atoms with Gasteiger partial charge in [0.1, 0.15) is 0 Å². The Kier molecular flexibility index (Phi) is 6.95. The predicted octanol–water partition coefficient (Wildman–Crippen LogP) is 5.49. The number of carbonyl (C=O) groups excluding carboxylic acids is 1. The van der Waals surface area contributed by atoms with E-state index < -0.39 is 0 Å². The van der Waals surface area contributed by atoms with Crippen molar-refractivity contribution in [2.45, 2.75) is 39.0 Å². The summed E-state index contributed by atoms with van der Waals surface area (Å²) in [5, 5.41) is 4.64. The van der Waals surface area contributed by atoms with Crippen LogP contribution in [0.1, 0.15) is 44.9 Å². The maximum atomic E-state index is 12.5. The Morgan fingerprint density at radius 1 is 1.19 bits per heavy atom. The number of hydrogen-bond donors (Lipinski definition) is 0. The van der Waals surface area contributed by atoms with E-state index in [1.54, 1.807) is 17.0 Å². The van der Waals surface area contributed by atoms with E-state index in [9.17, 15) is 4.79 Å². The molecule has 8 heteroatoms. The Balaban J connectivity index is 1.57. The van der Waals surface area contributed by atoms with Crippen molar-refractivity contribution >= 4 is 23.2 Å². The molecule has 0 N–H and O–H groups in total. The van der Waals surface area contributed by atoms with E-state index in [0.717, 1.165) is 12.1 Å². The van der Waals surface area contributed by atoms with E-state index in [1.165, 1.54) is 0 Å². The van der Waals surface area contributed by atoms with Gasteiger partial charge in [-0.2, -0.15) is 4.98 Å². The molecule has 0 saturated carbocycles. The standard InChI is InChI=1S/C24H26ClN3O4/c1-3-12-31-22-19(25)13-17(14-20(22)30-4-2)24-26-23(27-32-24)16-10-11-21(29)28(15-16)18-8-6-5-7-9-18/h5-9,13-14,16H,3-4,10-12,15H2,1-2H3. The lowest BCUT2D eigenvalue weighted by molar-refractivity contribution is -0.119. The summed E-state index contributed by atoms with van der Waals surface area (Å²) in [6, 6.07) is 13.2. The maximum absolute atomic E-state index is 12.5. The molecule has 1 atom stereocenters. The molecule has 168 valence electrons.